The fraction of sp³-hybridized carbons (Fsp3) is 0.294. The molecular formula is C17H15N7O8S3. The molecule has 18 heteroatoms. The molecule has 2 aromatic rings. The van der Waals surface area contributed by atoms with Crippen LogP contribution in [-0.2, 0) is 35.4 Å². The summed E-state index contributed by atoms with van der Waals surface area (Å²) in [6.07, 6.45) is 0. The number of carbonyl (C=O) groups is 4. The lowest BCUT2D eigenvalue weighted by atomic mass is 10.0. The lowest BCUT2D eigenvalue weighted by Crippen LogP contribution is -2.71. The molecular weight excluding hydrogens is 526 g/mol. The molecule has 0 spiro atoms. The number of amides is 2. The minimum Gasteiger partial charge on any atom is -0.488 e. The van der Waals surface area contributed by atoms with Crippen LogP contribution in [0.25, 0.3) is 0 Å². The van der Waals surface area contributed by atoms with Crippen LogP contribution in [-0.4, -0.2) is 82.9 Å². The third kappa shape index (κ3) is 5.17. The van der Waals surface area contributed by atoms with Gasteiger partial charge >= 0.3 is 11.9 Å². The Kier molecular flexibility index (Phi) is 7.12. The molecule has 0 unspecified atom stereocenters. The molecule has 2 aliphatic heterocycles. The number of nitrogen functional groups attached to an aromatic ring is 1. The number of nitrogens with two attached hydrogens (primary N) is 1. The second kappa shape index (κ2) is 10.2. The summed E-state index contributed by atoms with van der Waals surface area (Å²) in [7, 11) is 0. The fourth-order valence-corrected chi connectivity index (χ4v) is 5.33. The first-order valence-electron chi connectivity index (χ1n) is 9.50. The number of rotatable bonds is 10. The van der Waals surface area contributed by atoms with Crippen molar-refractivity contribution in [3.05, 3.63) is 33.6 Å². The normalized spacial score (nSPS) is 19.6. The maximum Gasteiger partial charge on any atom is 0.356 e. The summed E-state index contributed by atoms with van der Waals surface area (Å²) in [5, 5.41) is 30.7. The van der Waals surface area contributed by atoms with E-state index in [1.165, 1.54) is 17.1 Å². The number of ether oxygens (including phenoxy) is 1. The highest BCUT2D eigenvalue weighted by atomic mass is 32.2. The first-order valence-corrected chi connectivity index (χ1v) is 12.3. The van der Waals surface area contributed by atoms with Gasteiger partial charge in [-0.1, -0.05) is 9.64 Å². The molecule has 4 rings (SSSR count). The third-order valence-corrected chi connectivity index (χ3v) is 7.03. The van der Waals surface area contributed by atoms with E-state index in [0.717, 1.165) is 27.8 Å². The zero-order valence-corrected chi connectivity index (χ0v) is 19.8. The van der Waals surface area contributed by atoms with Crippen LogP contribution in [0.3, 0.4) is 0 Å². The zero-order valence-electron chi connectivity index (χ0n) is 17.3. The summed E-state index contributed by atoms with van der Waals surface area (Å²) in [5.41, 5.74) is 5.42. The Labute approximate surface area is 207 Å². The van der Waals surface area contributed by atoms with Crippen LogP contribution in [0.1, 0.15) is 11.4 Å². The van der Waals surface area contributed by atoms with E-state index in [0.29, 0.717) is 5.69 Å². The number of carboxylic acid groups (broad SMARTS) is 2. The third-order valence-electron chi connectivity index (χ3n) is 4.55. The number of fused-ring (bicyclic) bond motifs is 1. The number of nitrogens with zero attached hydrogens (tertiary/aromatic N) is 5. The van der Waals surface area contributed by atoms with E-state index < -0.39 is 41.8 Å². The van der Waals surface area contributed by atoms with Gasteiger partial charge in [-0.25, -0.2) is 14.6 Å². The molecule has 0 bridgehead atoms. The molecule has 35 heavy (non-hydrogen) atoms. The van der Waals surface area contributed by atoms with Gasteiger partial charge in [0.15, 0.2) is 16.5 Å². The smallest absolute Gasteiger partial charge is 0.356 e. The summed E-state index contributed by atoms with van der Waals surface area (Å²) in [6, 6.07) is -1.08. The molecule has 1 saturated heterocycles. The summed E-state index contributed by atoms with van der Waals surface area (Å²) in [6.45, 7) is -0.819. The highest BCUT2D eigenvalue weighted by Gasteiger charge is 2.55. The molecule has 184 valence electrons. The largest absolute Gasteiger partial charge is 0.488 e. The number of thiazole rings is 1. The first kappa shape index (κ1) is 24.4. The molecule has 1 fully saturated rings. The molecule has 0 saturated carbocycles. The average molecular weight is 542 g/mol. The van der Waals surface area contributed by atoms with E-state index in [9.17, 15) is 24.3 Å². The van der Waals surface area contributed by atoms with Crippen LogP contribution in [0.5, 0.6) is 0 Å². The Hall–Kier alpha value is -3.77. The molecule has 2 aromatic heterocycles. The number of nitrogens with one attached hydrogen (secondary N) is 1. The van der Waals surface area contributed by atoms with Crippen LogP contribution in [0.15, 0.2) is 27.4 Å². The first-order chi connectivity index (χ1) is 16.8. The van der Waals surface area contributed by atoms with Gasteiger partial charge in [-0.05, 0) is 11.5 Å². The van der Waals surface area contributed by atoms with Gasteiger partial charge in [0.1, 0.15) is 35.2 Å². The van der Waals surface area contributed by atoms with Crippen LogP contribution >= 0.6 is 34.6 Å². The Morgan fingerprint density at radius 1 is 1.31 bits per heavy atom. The maximum atomic E-state index is 12.9. The van der Waals surface area contributed by atoms with Crippen molar-refractivity contribution >= 4 is 69.2 Å². The summed E-state index contributed by atoms with van der Waals surface area (Å²) < 4.78 is 9.28. The van der Waals surface area contributed by atoms with Crippen LogP contribution in [0, 0.1) is 0 Å². The van der Waals surface area contributed by atoms with Crippen molar-refractivity contribution in [1.82, 2.24) is 24.8 Å². The molecule has 15 nitrogen and oxygen atoms in total. The van der Waals surface area contributed by atoms with Crippen LogP contribution in [0.2, 0.25) is 0 Å². The predicted octanol–water partition coefficient (Wildman–Crippen LogP) is -0.705. The second-order valence-corrected chi connectivity index (χ2v) is 9.41. The quantitative estimate of drug-likeness (QED) is 0.166. The standard InChI is InChI=1S/C17H15N7O8S3/c18-17-19-7(4-34-17)10(22-32-2-9(25)26)13(27)20-11-14(28)24-12(16(29)30)8(5-33-15(11)24)31-1-6-3-35-23-21-6/h3-4,11,15H,1-2,5H2,(H2,18,19)(H,20,27)(H,25,26)(H,29,30)/b22-10-/t11-,15-/m1/s1. The lowest BCUT2D eigenvalue weighted by Gasteiger charge is -2.48. The van der Waals surface area contributed by atoms with Crippen molar-refractivity contribution in [2.45, 2.75) is 18.0 Å². The van der Waals surface area contributed by atoms with Gasteiger partial charge in [-0.15, -0.1) is 28.2 Å². The van der Waals surface area contributed by atoms with Gasteiger partial charge in [0.2, 0.25) is 6.61 Å². The average Bonchev–Trinajstić information content (AvgIpc) is 3.49. The van der Waals surface area contributed by atoms with Crippen molar-refractivity contribution in [3.63, 3.8) is 0 Å². The van der Waals surface area contributed by atoms with Gasteiger partial charge in [0, 0.05) is 10.8 Å². The molecule has 0 radical (unpaired) electrons. The number of aliphatic carboxylic acids is 2. The number of oxime groups is 1. The Bertz CT molecular complexity index is 1230. The maximum absolute atomic E-state index is 12.9. The number of carbonyl (C=O) groups excluding carboxylic acids is 2. The van der Waals surface area contributed by atoms with E-state index in [2.05, 4.69) is 29.9 Å². The van der Waals surface area contributed by atoms with Crippen LogP contribution < -0.4 is 11.1 Å². The molecule has 2 atom stereocenters. The number of hydrogen-bond acceptors (Lipinski definition) is 14. The summed E-state index contributed by atoms with van der Waals surface area (Å²) >= 11 is 3.33. The van der Waals surface area contributed by atoms with Crippen LogP contribution in [0.4, 0.5) is 5.13 Å². The molecule has 0 aromatic carbocycles. The van der Waals surface area contributed by atoms with Crippen molar-refractivity contribution < 1.29 is 39.0 Å². The van der Waals surface area contributed by atoms with Crippen molar-refractivity contribution in [3.8, 4) is 0 Å². The van der Waals surface area contributed by atoms with Gasteiger partial charge in [-0.3, -0.25) is 14.5 Å². The Morgan fingerprint density at radius 3 is 2.74 bits per heavy atom. The fourth-order valence-electron chi connectivity index (χ4n) is 3.07. The number of aromatic nitrogens is 3. The van der Waals surface area contributed by atoms with E-state index in [1.807, 2.05) is 0 Å². The van der Waals surface area contributed by atoms with Gasteiger partial charge in [0.25, 0.3) is 11.8 Å². The van der Waals surface area contributed by atoms with Crippen molar-refractivity contribution in [2.24, 2.45) is 5.16 Å². The number of carboxylic acids is 2. The van der Waals surface area contributed by atoms with E-state index >= 15 is 0 Å². The zero-order chi connectivity index (χ0) is 25.1. The van der Waals surface area contributed by atoms with Gasteiger partial charge in [-0.2, -0.15) is 0 Å². The summed E-state index contributed by atoms with van der Waals surface area (Å²) in [5.74, 6) is -4.00. The summed E-state index contributed by atoms with van der Waals surface area (Å²) in [4.78, 5) is 58.0. The number of hydrogen-bond donors (Lipinski definition) is 4. The van der Waals surface area contributed by atoms with Gasteiger partial charge < -0.3 is 30.8 Å². The van der Waals surface area contributed by atoms with Crippen molar-refractivity contribution in [2.75, 3.05) is 18.1 Å². The monoisotopic (exact) mass is 541 g/mol. The predicted molar refractivity (Wildman–Crippen MR) is 121 cm³/mol. The topological polar surface area (TPSA) is 220 Å². The Balaban J connectivity index is 1.49. The van der Waals surface area contributed by atoms with Crippen molar-refractivity contribution in [1.29, 1.82) is 0 Å². The van der Waals surface area contributed by atoms with Gasteiger partial charge in [0.05, 0.1) is 5.75 Å². The number of anilines is 1. The molecule has 2 amide bonds. The highest BCUT2D eigenvalue weighted by Crippen LogP contribution is 2.40. The minimum atomic E-state index is -1.36. The molecule has 5 N–H and O–H groups in total. The lowest BCUT2D eigenvalue weighted by molar-refractivity contribution is -0.150. The second-order valence-electron chi connectivity index (χ2n) is 6.80. The van der Waals surface area contributed by atoms with E-state index in [4.69, 9.17) is 15.6 Å². The number of thioether (sulfide) groups is 1. The minimum absolute atomic E-state index is 0.0109. The van der Waals surface area contributed by atoms with E-state index in [1.54, 1.807) is 5.38 Å². The molecule has 2 aliphatic rings. The molecule has 4 heterocycles. The highest BCUT2D eigenvalue weighted by molar-refractivity contribution is 8.00. The molecule has 0 aliphatic carbocycles. The SMILES string of the molecule is Nc1nc(/C(=N/OCC(=O)O)C(=O)N[C@@H]2C(=O)N3C(C(=O)O)=C(OCc4csnn4)CS[C@H]23)cs1. The number of β-lactam (4-membered cyclic amide) rings is 1. The Morgan fingerprint density at radius 2 is 2.11 bits per heavy atom. The van der Waals surface area contributed by atoms with E-state index in [-0.39, 0.29) is 40.4 Å².